The number of carbonyl (C=O) groups is 1. The summed E-state index contributed by atoms with van der Waals surface area (Å²) in [5.74, 6) is 0. The van der Waals surface area contributed by atoms with E-state index in [2.05, 4.69) is 10.6 Å². The predicted octanol–water partition coefficient (Wildman–Crippen LogP) is 2.99. The monoisotopic (exact) mass is 253 g/mol. The number of para-hydroxylation sites is 1. The summed E-state index contributed by atoms with van der Waals surface area (Å²) >= 11 is 5.97. The van der Waals surface area contributed by atoms with Crippen molar-refractivity contribution in [2.75, 3.05) is 11.1 Å². The topological polar surface area (TPSA) is 67.1 Å². The molecule has 1 saturated carbocycles. The molecule has 0 bridgehead atoms. The van der Waals surface area contributed by atoms with Crippen LogP contribution in [0.25, 0.3) is 0 Å². The van der Waals surface area contributed by atoms with Crippen LogP contribution in [0.1, 0.15) is 25.7 Å². The van der Waals surface area contributed by atoms with Crippen LogP contribution in [0.15, 0.2) is 18.2 Å². The second-order valence-electron chi connectivity index (χ2n) is 4.28. The molecule has 4 N–H and O–H groups in total. The van der Waals surface area contributed by atoms with Gasteiger partial charge >= 0.3 is 6.03 Å². The zero-order chi connectivity index (χ0) is 12.3. The Balaban J connectivity index is 1.97. The van der Waals surface area contributed by atoms with E-state index in [1.54, 1.807) is 18.2 Å². The molecule has 5 heteroatoms. The van der Waals surface area contributed by atoms with E-state index in [4.69, 9.17) is 17.3 Å². The number of nitrogen functional groups attached to an aromatic ring is 1. The van der Waals surface area contributed by atoms with E-state index in [0.29, 0.717) is 16.4 Å². The number of anilines is 2. The van der Waals surface area contributed by atoms with E-state index in [-0.39, 0.29) is 12.1 Å². The van der Waals surface area contributed by atoms with Crippen LogP contribution in [0.3, 0.4) is 0 Å². The van der Waals surface area contributed by atoms with Gasteiger partial charge in [-0.25, -0.2) is 4.79 Å². The molecule has 4 nitrogen and oxygen atoms in total. The average Bonchev–Trinajstić information content (AvgIpc) is 2.76. The number of nitrogens with two attached hydrogens (primary N) is 1. The Hall–Kier alpha value is -1.42. The minimum Gasteiger partial charge on any atom is -0.397 e. The van der Waals surface area contributed by atoms with Crippen molar-refractivity contribution in [3.05, 3.63) is 23.2 Å². The van der Waals surface area contributed by atoms with Crippen molar-refractivity contribution < 1.29 is 4.79 Å². The summed E-state index contributed by atoms with van der Waals surface area (Å²) in [5, 5.41) is 6.07. The number of urea groups is 1. The molecule has 0 saturated heterocycles. The predicted molar refractivity (Wildman–Crippen MR) is 70.3 cm³/mol. The fraction of sp³-hybridized carbons (Fsp3) is 0.417. The first-order chi connectivity index (χ1) is 8.16. The molecule has 2 rings (SSSR count). The molecule has 0 heterocycles. The fourth-order valence-corrected chi connectivity index (χ4v) is 2.31. The van der Waals surface area contributed by atoms with Gasteiger partial charge in [-0.2, -0.15) is 0 Å². The molecule has 0 radical (unpaired) electrons. The second kappa shape index (κ2) is 5.27. The highest BCUT2D eigenvalue weighted by molar-refractivity contribution is 6.34. The van der Waals surface area contributed by atoms with Crippen LogP contribution in [0.2, 0.25) is 5.02 Å². The first-order valence-corrected chi connectivity index (χ1v) is 6.16. The van der Waals surface area contributed by atoms with Crippen LogP contribution in [0.5, 0.6) is 0 Å². The van der Waals surface area contributed by atoms with Crippen LogP contribution in [0, 0.1) is 0 Å². The zero-order valence-corrected chi connectivity index (χ0v) is 10.3. The summed E-state index contributed by atoms with van der Waals surface area (Å²) in [5.41, 5.74) is 6.70. The molecule has 2 amide bonds. The Kier molecular flexibility index (Phi) is 3.74. The quantitative estimate of drug-likeness (QED) is 0.710. The number of benzene rings is 1. The Morgan fingerprint density at radius 3 is 2.71 bits per heavy atom. The van der Waals surface area contributed by atoms with Gasteiger partial charge in [0.2, 0.25) is 0 Å². The lowest BCUT2D eigenvalue weighted by Crippen LogP contribution is -2.36. The second-order valence-corrected chi connectivity index (χ2v) is 4.69. The molecular weight excluding hydrogens is 238 g/mol. The smallest absolute Gasteiger partial charge is 0.319 e. The lowest BCUT2D eigenvalue weighted by atomic mass is 10.2. The molecule has 0 aliphatic heterocycles. The summed E-state index contributed by atoms with van der Waals surface area (Å²) in [6.07, 6.45) is 4.45. The first-order valence-electron chi connectivity index (χ1n) is 5.78. The van der Waals surface area contributed by atoms with Crippen LogP contribution in [-0.4, -0.2) is 12.1 Å². The van der Waals surface area contributed by atoms with Gasteiger partial charge in [0.15, 0.2) is 0 Å². The number of rotatable bonds is 2. The Labute approximate surface area is 106 Å². The summed E-state index contributed by atoms with van der Waals surface area (Å²) < 4.78 is 0. The Bertz CT molecular complexity index is 396. The number of amides is 2. The summed E-state index contributed by atoms with van der Waals surface area (Å²) in [6, 6.07) is 5.19. The van der Waals surface area contributed by atoms with Crippen molar-refractivity contribution in [3.63, 3.8) is 0 Å². The molecule has 1 aromatic rings. The van der Waals surface area contributed by atoms with Gasteiger partial charge in [0.1, 0.15) is 0 Å². The van der Waals surface area contributed by atoms with Gasteiger partial charge in [0, 0.05) is 6.04 Å². The van der Waals surface area contributed by atoms with Gasteiger partial charge in [-0.15, -0.1) is 0 Å². The van der Waals surface area contributed by atoms with Gasteiger partial charge < -0.3 is 16.4 Å². The number of hydrogen-bond acceptors (Lipinski definition) is 2. The summed E-state index contributed by atoms with van der Waals surface area (Å²) in [4.78, 5) is 11.7. The first kappa shape index (κ1) is 12.0. The zero-order valence-electron chi connectivity index (χ0n) is 9.50. The number of carbonyl (C=O) groups excluding carboxylic acids is 1. The van der Waals surface area contributed by atoms with Crippen LogP contribution in [-0.2, 0) is 0 Å². The third-order valence-corrected chi connectivity index (χ3v) is 3.29. The van der Waals surface area contributed by atoms with Crippen molar-refractivity contribution in [1.82, 2.24) is 5.32 Å². The Morgan fingerprint density at radius 2 is 2.06 bits per heavy atom. The lowest BCUT2D eigenvalue weighted by molar-refractivity contribution is 0.248. The van der Waals surface area contributed by atoms with Gasteiger partial charge in [-0.1, -0.05) is 30.5 Å². The highest BCUT2D eigenvalue weighted by Gasteiger charge is 2.17. The standard InChI is InChI=1S/C12H16ClN3O/c13-9-6-3-7-10(14)11(9)16-12(17)15-8-4-1-2-5-8/h3,6-8H,1-2,4-5,14H2,(H2,15,16,17). The van der Waals surface area contributed by atoms with Crippen LogP contribution in [0.4, 0.5) is 16.2 Å². The molecule has 0 unspecified atom stereocenters. The van der Waals surface area contributed by atoms with E-state index in [1.165, 1.54) is 12.8 Å². The third-order valence-electron chi connectivity index (χ3n) is 2.97. The molecular formula is C12H16ClN3O. The molecule has 1 aliphatic rings. The lowest BCUT2D eigenvalue weighted by Gasteiger charge is -2.14. The summed E-state index contributed by atoms with van der Waals surface area (Å²) in [7, 11) is 0. The maximum absolute atomic E-state index is 11.7. The van der Waals surface area contributed by atoms with Crippen molar-refractivity contribution >= 4 is 29.0 Å². The van der Waals surface area contributed by atoms with E-state index < -0.39 is 0 Å². The van der Waals surface area contributed by atoms with E-state index in [9.17, 15) is 4.79 Å². The molecule has 0 spiro atoms. The summed E-state index contributed by atoms with van der Waals surface area (Å²) in [6.45, 7) is 0. The minimum absolute atomic E-state index is 0.239. The SMILES string of the molecule is Nc1cccc(Cl)c1NC(=O)NC1CCCC1. The highest BCUT2D eigenvalue weighted by Crippen LogP contribution is 2.27. The van der Waals surface area contributed by atoms with Crippen molar-refractivity contribution in [3.8, 4) is 0 Å². The average molecular weight is 254 g/mol. The van der Waals surface area contributed by atoms with Gasteiger partial charge in [-0.3, -0.25) is 0 Å². The van der Waals surface area contributed by atoms with E-state index in [0.717, 1.165) is 12.8 Å². The number of hydrogen-bond donors (Lipinski definition) is 3. The molecule has 92 valence electrons. The fourth-order valence-electron chi connectivity index (χ4n) is 2.08. The molecule has 17 heavy (non-hydrogen) atoms. The highest BCUT2D eigenvalue weighted by atomic mass is 35.5. The minimum atomic E-state index is -0.239. The maximum atomic E-state index is 11.7. The van der Waals surface area contributed by atoms with Gasteiger partial charge in [0.25, 0.3) is 0 Å². The largest absolute Gasteiger partial charge is 0.397 e. The number of nitrogens with one attached hydrogen (secondary N) is 2. The van der Waals surface area contributed by atoms with Crippen LogP contribution < -0.4 is 16.4 Å². The van der Waals surface area contributed by atoms with Crippen molar-refractivity contribution in [2.24, 2.45) is 0 Å². The molecule has 1 fully saturated rings. The van der Waals surface area contributed by atoms with E-state index in [1.807, 2.05) is 0 Å². The third kappa shape index (κ3) is 3.03. The Morgan fingerprint density at radius 1 is 1.35 bits per heavy atom. The molecule has 1 aromatic carbocycles. The molecule has 1 aliphatic carbocycles. The van der Waals surface area contributed by atoms with Crippen LogP contribution >= 0.6 is 11.6 Å². The maximum Gasteiger partial charge on any atom is 0.319 e. The molecule has 0 atom stereocenters. The number of halogens is 1. The van der Waals surface area contributed by atoms with Crippen molar-refractivity contribution in [1.29, 1.82) is 0 Å². The normalized spacial score (nSPS) is 15.8. The molecule has 0 aromatic heterocycles. The van der Waals surface area contributed by atoms with Crippen molar-refractivity contribution in [2.45, 2.75) is 31.7 Å². The van der Waals surface area contributed by atoms with E-state index >= 15 is 0 Å². The van der Waals surface area contributed by atoms with Gasteiger partial charge in [0.05, 0.1) is 16.4 Å². The van der Waals surface area contributed by atoms with Gasteiger partial charge in [-0.05, 0) is 25.0 Å².